The lowest BCUT2D eigenvalue weighted by atomic mass is 9.93. The first kappa shape index (κ1) is 32.9. The minimum atomic E-state index is -4.34. The Labute approximate surface area is 242 Å². The molecule has 0 amide bonds. The van der Waals surface area contributed by atoms with Gasteiger partial charge in [-0.1, -0.05) is 42.0 Å². The van der Waals surface area contributed by atoms with Crippen LogP contribution in [0.5, 0.6) is 0 Å². The lowest BCUT2D eigenvalue weighted by Crippen LogP contribution is -2.47. The van der Waals surface area contributed by atoms with Crippen molar-refractivity contribution in [2.45, 2.75) is 27.3 Å². The summed E-state index contributed by atoms with van der Waals surface area (Å²) in [6, 6.07) is 12.8. The number of carboxylic acids is 2. The van der Waals surface area contributed by atoms with E-state index in [4.69, 9.17) is 0 Å². The van der Waals surface area contributed by atoms with E-state index in [-0.39, 0.29) is 26.2 Å². The Hall–Kier alpha value is -2.63. The fraction of sp³-hybridized carbons (Fsp3) is 0.517. The van der Waals surface area contributed by atoms with Crippen LogP contribution in [0.4, 0.5) is 0 Å². The normalized spacial score (nSPS) is 17.6. The molecule has 0 atom stereocenters. The SMILES string of the molecule is Cc1cc(C)c(-c2ccc(CN3CCN(CC(=O)O)CCN(CP(=O)(O)O)CCN(CC(=O)O)CC3)cc2)c(C)c1. The van der Waals surface area contributed by atoms with E-state index in [1.807, 2.05) is 0 Å². The number of hydrogen-bond acceptors (Lipinski definition) is 7. The van der Waals surface area contributed by atoms with E-state index in [1.54, 1.807) is 14.7 Å². The molecule has 2 aromatic carbocycles. The van der Waals surface area contributed by atoms with Gasteiger partial charge in [0.1, 0.15) is 6.29 Å². The van der Waals surface area contributed by atoms with Gasteiger partial charge in [0, 0.05) is 58.9 Å². The Bertz CT molecular complexity index is 1180. The number of aliphatic carboxylic acids is 2. The van der Waals surface area contributed by atoms with E-state index < -0.39 is 25.8 Å². The number of carboxylic acid groups (broad SMARTS) is 2. The van der Waals surface area contributed by atoms with Crippen LogP contribution in [0.1, 0.15) is 22.3 Å². The molecule has 0 aliphatic carbocycles. The maximum absolute atomic E-state index is 11.7. The fourth-order valence-electron chi connectivity index (χ4n) is 5.51. The highest BCUT2D eigenvalue weighted by molar-refractivity contribution is 7.51. The molecule has 0 unspecified atom stereocenters. The van der Waals surface area contributed by atoms with Crippen molar-refractivity contribution in [3.05, 3.63) is 58.7 Å². The first-order valence-corrected chi connectivity index (χ1v) is 15.6. The van der Waals surface area contributed by atoms with Gasteiger partial charge in [-0.3, -0.25) is 33.8 Å². The number of benzene rings is 2. The summed E-state index contributed by atoms with van der Waals surface area (Å²) in [5.41, 5.74) is 7.18. The first-order chi connectivity index (χ1) is 19.3. The maximum atomic E-state index is 11.7. The molecule has 41 heavy (non-hydrogen) atoms. The summed E-state index contributed by atoms with van der Waals surface area (Å²) in [5, 5.41) is 18.9. The first-order valence-electron chi connectivity index (χ1n) is 13.8. The largest absolute Gasteiger partial charge is 0.480 e. The lowest BCUT2D eigenvalue weighted by molar-refractivity contribution is -0.139. The van der Waals surface area contributed by atoms with Gasteiger partial charge in [-0.05, 0) is 48.6 Å². The van der Waals surface area contributed by atoms with Crippen LogP contribution >= 0.6 is 7.60 Å². The highest BCUT2D eigenvalue weighted by Gasteiger charge is 2.23. The molecule has 0 spiro atoms. The fourth-order valence-corrected chi connectivity index (χ4v) is 6.31. The topological polar surface area (TPSA) is 145 Å². The Balaban J connectivity index is 1.78. The molecule has 0 aromatic heterocycles. The van der Waals surface area contributed by atoms with Crippen molar-refractivity contribution >= 4 is 19.5 Å². The highest BCUT2D eigenvalue weighted by atomic mass is 31.2. The molecule has 1 aliphatic rings. The van der Waals surface area contributed by atoms with E-state index >= 15 is 0 Å². The number of nitrogens with zero attached hydrogens (tertiary/aromatic N) is 4. The zero-order valence-corrected chi connectivity index (χ0v) is 25.1. The predicted molar refractivity (Wildman–Crippen MR) is 158 cm³/mol. The monoisotopic (exact) mass is 590 g/mol. The van der Waals surface area contributed by atoms with Crippen LogP contribution in [0.3, 0.4) is 0 Å². The Morgan fingerprint density at radius 1 is 0.707 bits per heavy atom. The second-order valence-electron chi connectivity index (χ2n) is 11.0. The van der Waals surface area contributed by atoms with Crippen LogP contribution in [-0.2, 0) is 20.7 Å². The predicted octanol–water partition coefficient (Wildman–Crippen LogP) is 2.30. The number of rotatable bonds is 9. The van der Waals surface area contributed by atoms with Crippen LogP contribution in [0.25, 0.3) is 11.1 Å². The Kier molecular flexibility index (Phi) is 12.0. The van der Waals surface area contributed by atoms with Gasteiger partial charge in [-0.25, -0.2) is 0 Å². The van der Waals surface area contributed by atoms with Gasteiger partial charge in [0.2, 0.25) is 0 Å². The Morgan fingerprint density at radius 3 is 1.54 bits per heavy atom. The Morgan fingerprint density at radius 2 is 1.12 bits per heavy atom. The van der Waals surface area contributed by atoms with E-state index in [0.29, 0.717) is 45.8 Å². The summed E-state index contributed by atoms with van der Waals surface area (Å²) in [6.45, 7) is 9.81. The van der Waals surface area contributed by atoms with E-state index in [2.05, 4.69) is 62.1 Å². The molecular formula is C29H43N4O7P. The molecule has 2 aromatic rings. The van der Waals surface area contributed by atoms with Gasteiger partial charge >= 0.3 is 19.5 Å². The van der Waals surface area contributed by atoms with Gasteiger partial charge < -0.3 is 20.0 Å². The number of carbonyl (C=O) groups is 2. The second-order valence-corrected chi connectivity index (χ2v) is 12.6. The molecule has 1 aliphatic heterocycles. The van der Waals surface area contributed by atoms with Gasteiger partial charge in [0.05, 0.1) is 13.1 Å². The summed E-state index contributed by atoms with van der Waals surface area (Å²) in [6.07, 6.45) is -0.460. The van der Waals surface area contributed by atoms with Crippen LogP contribution < -0.4 is 0 Å². The molecule has 1 heterocycles. The van der Waals surface area contributed by atoms with Crippen molar-refractivity contribution in [1.82, 2.24) is 19.6 Å². The third-order valence-corrected chi connectivity index (χ3v) is 8.13. The number of hydrogen-bond donors (Lipinski definition) is 4. The average molecular weight is 591 g/mol. The van der Waals surface area contributed by atoms with Crippen LogP contribution in [0, 0.1) is 20.8 Å². The molecule has 1 saturated heterocycles. The van der Waals surface area contributed by atoms with Crippen molar-refractivity contribution < 1.29 is 34.2 Å². The average Bonchev–Trinajstić information content (AvgIpc) is 2.84. The second kappa shape index (κ2) is 15.0. The molecule has 3 rings (SSSR count). The molecule has 1 fully saturated rings. The standard InChI is InChI=1S/C29H43N4O7P/c1-22-16-23(2)29(24(3)17-22)26-6-4-25(5-7-26)18-30-8-10-31(19-27(34)35)12-14-33(21-41(38,39)40)15-13-32(11-9-30)20-28(36)37/h4-7,16-17H,8-15,18-21H2,1-3H3,(H,34,35)(H,36,37)(H2,38,39,40). The van der Waals surface area contributed by atoms with Crippen molar-refractivity contribution in [3.63, 3.8) is 0 Å². The van der Waals surface area contributed by atoms with E-state index in [1.165, 1.54) is 22.3 Å². The van der Waals surface area contributed by atoms with Crippen LogP contribution in [0.2, 0.25) is 0 Å². The molecule has 0 saturated carbocycles. The van der Waals surface area contributed by atoms with Crippen molar-refractivity contribution in [3.8, 4) is 11.1 Å². The minimum absolute atomic E-state index is 0.174. The quantitative estimate of drug-likeness (QED) is 0.319. The zero-order valence-electron chi connectivity index (χ0n) is 24.2. The molecule has 4 N–H and O–H groups in total. The summed E-state index contributed by atoms with van der Waals surface area (Å²) >= 11 is 0. The molecular weight excluding hydrogens is 547 g/mol. The molecule has 11 nitrogen and oxygen atoms in total. The van der Waals surface area contributed by atoms with Crippen LogP contribution in [0.15, 0.2) is 36.4 Å². The number of aryl methyl sites for hydroxylation is 3. The van der Waals surface area contributed by atoms with E-state index in [0.717, 1.165) is 11.1 Å². The van der Waals surface area contributed by atoms with Crippen molar-refractivity contribution in [2.24, 2.45) is 0 Å². The third kappa shape index (κ3) is 11.3. The van der Waals surface area contributed by atoms with Gasteiger partial charge in [0.25, 0.3) is 0 Å². The van der Waals surface area contributed by atoms with Crippen LogP contribution in [-0.4, -0.2) is 123 Å². The summed E-state index contributed by atoms with van der Waals surface area (Å²) in [7, 11) is -4.34. The lowest BCUT2D eigenvalue weighted by Gasteiger charge is -2.33. The minimum Gasteiger partial charge on any atom is -0.480 e. The third-order valence-electron chi connectivity index (χ3n) is 7.36. The summed E-state index contributed by atoms with van der Waals surface area (Å²) < 4.78 is 11.7. The van der Waals surface area contributed by atoms with Gasteiger partial charge in [-0.15, -0.1) is 0 Å². The molecule has 0 bridgehead atoms. The maximum Gasteiger partial charge on any atom is 0.339 e. The molecule has 12 heteroatoms. The van der Waals surface area contributed by atoms with Gasteiger partial charge in [-0.2, -0.15) is 0 Å². The summed E-state index contributed by atoms with van der Waals surface area (Å²) in [4.78, 5) is 49.5. The summed E-state index contributed by atoms with van der Waals surface area (Å²) in [5.74, 6) is -1.93. The molecule has 0 radical (unpaired) electrons. The van der Waals surface area contributed by atoms with Crippen molar-refractivity contribution in [2.75, 3.05) is 71.7 Å². The van der Waals surface area contributed by atoms with Gasteiger partial charge in [0.15, 0.2) is 0 Å². The highest BCUT2D eigenvalue weighted by Crippen LogP contribution is 2.35. The molecule has 226 valence electrons. The smallest absolute Gasteiger partial charge is 0.339 e. The van der Waals surface area contributed by atoms with Crippen molar-refractivity contribution in [1.29, 1.82) is 0 Å². The van der Waals surface area contributed by atoms with E-state index in [9.17, 15) is 34.2 Å². The zero-order chi connectivity index (χ0) is 30.2.